The van der Waals surface area contributed by atoms with Crippen molar-refractivity contribution in [2.75, 3.05) is 19.6 Å². The number of aryl methyl sites for hydroxylation is 1. The molecule has 4 nitrogen and oxygen atoms in total. The van der Waals surface area contributed by atoms with Crippen molar-refractivity contribution in [2.45, 2.75) is 19.3 Å². The molecule has 2 aliphatic heterocycles. The molecule has 0 aliphatic carbocycles. The largest absolute Gasteiger partial charge is 0.425 e. The lowest BCUT2D eigenvalue weighted by molar-refractivity contribution is 0.312. The summed E-state index contributed by atoms with van der Waals surface area (Å²) in [7, 11) is 0. The van der Waals surface area contributed by atoms with Crippen LogP contribution in [0, 0.1) is 12.8 Å². The Hall–Kier alpha value is -0.900. The van der Waals surface area contributed by atoms with Crippen LogP contribution in [0.4, 0.5) is 0 Å². The second-order valence-corrected chi connectivity index (χ2v) is 4.07. The van der Waals surface area contributed by atoms with Crippen molar-refractivity contribution in [1.82, 2.24) is 15.1 Å². The predicted molar refractivity (Wildman–Crippen MR) is 46.3 cm³/mol. The minimum Gasteiger partial charge on any atom is -0.425 e. The summed E-state index contributed by atoms with van der Waals surface area (Å²) < 4.78 is 5.47. The van der Waals surface area contributed by atoms with E-state index in [1.807, 2.05) is 6.92 Å². The highest BCUT2D eigenvalue weighted by molar-refractivity contribution is 5.04. The Balaban J connectivity index is 1.87. The Bertz CT molecular complexity index is 322. The van der Waals surface area contributed by atoms with Gasteiger partial charge in [0.15, 0.2) is 0 Å². The molecule has 70 valence electrons. The van der Waals surface area contributed by atoms with Crippen molar-refractivity contribution in [3.05, 3.63) is 11.8 Å². The van der Waals surface area contributed by atoms with E-state index in [2.05, 4.69) is 15.1 Å². The fraction of sp³-hybridized carbons (Fsp3) is 0.778. The third-order valence-electron chi connectivity index (χ3n) is 3.19. The van der Waals surface area contributed by atoms with Gasteiger partial charge in [0.2, 0.25) is 11.8 Å². The third kappa shape index (κ3) is 1.09. The van der Waals surface area contributed by atoms with E-state index in [1.54, 1.807) is 0 Å². The molecule has 2 fully saturated rings. The number of hydrogen-bond donors (Lipinski definition) is 0. The van der Waals surface area contributed by atoms with Gasteiger partial charge in [-0.25, -0.2) is 0 Å². The Labute approximate surface area is 76.9 Å². The minimum atomic E-state index is 0.509. The molecule has 1 aromatic heterocycles. The SMILES string of the molecule is Cc1nnc([C@@H]2CN3CC[C@@H]2C3)o1. The molecule has 3 atom stereocenters. The van der Waals surface area contributed by atoms with Gasteiger partial charge in [0.1, 0.15) is 0 Å². The van der Waals surface area contributed by atoms with Gasteiger partial charge in [-0.2, -0.15) is 0 Å². The normalized spacial score (nSPS) is 37.2. The van der Waals surface area contributed by atoms with E-state index in [1.165, 1.54) is 19.5 Å². The van der Waals surface area contributed by atoms with Gasteiger partial charge in [0, 0.05) is 20.0 Å². The summed E-state index contributed by atoms with van der Waals surface area (Å²) in [5.41, 5.74) is 0. The molecule has 1 unspecified atom stereocenters. The molecule has 2 aliphatic rings. The van der Waals surface area contributed by atoms with Crippen molar-refractivity contribution in [3.63, 3.8) is 0 Å². The monoisotopic (exact) mass is 179 g/mol. The first-order chi connectivity index (χ1) is 6.33. The van der Waals surface area contributed by atoms with Crippen LogP contribution in [0.15, 0.2) is 4.42 Å². The van der Waals surface area contributed by atoms with E-state index in [0.29, 0.717) is 11.8 Å². The molecule has 0 spiro atoms. The van der Waals surface area contributed by atoms with Crippen LogP contribution in [-0.4, -0.2) is 34.7 Å². The van der Waals surface area contributed by atoms with Crippen LogP contribution in [0.5, 0.6) is 0 Å². The van der Waals surface area contributed by atoms with Gasteiger partial charge in [0.05, 0.1) is 5.92 Å². The van der Waals surface area contributed by atoms with Gasteiger partial charge in [-0.05, 0) is 18.9 Å². The molecule has 0 amide bonds. The summed E-state index contributed by atoms with van der Waals surface area (Å²) in [5.74, 6) is 2.81. The van der Waals surface area contributed by atoms with Crippen LogP contribution in [0.3, 0.4) is 0 Å². The smallest absolute Gasteiger partial charge is 0.221 e. The second-order valence-electron chi connectivity index (χ2n) is 4.07. The molecule has 2 saturated heterocycles. The zero-order valence-electron chi connectivity index (χ0n) is 7.73. The molecule has 13 heavy (non-hydrogen) atoms. The Morgan fingerprint density at radius 1 is 1.38 bits per heavy atom. The van der Waals surface area contributed by atoms with E-state index in [4.69, 9.17) is 4.42 Å². The highest BCUT2D eigenvalue weighted by Gasteiger charge is 2.41. The molecule has 0 N–H and O–H groups in total. The van der Waals surface area contributed by atoms with Crippen LogP contribution < -0.4 is 0 Å². The summed E-state index contributed by atoms with van der Waals surface area (Å²) in [5, 5.41) is 7.98. The standard InChI is InChI=1S/C9H13N3O/c1-6-10-11-9(13-6)8-5-12-3-2-7(8)4-12/h7-8H,2-5H2,1H3/t7-,8-/m1/s1. The van der Waals surface area contributed by atoms with Crippen molar-refractivity contribution in [3.8, 4) is 0 Å². The van der Waals surface area contributed by atoms with Crippen molar-refractivity contribution < 1.29 is 4.42 Å². The number of fused-ring (bicyclic) bond motifs is 2. The number of piperidine rings is 1. The molecule has 4 heteroatoms. The fourth-order valence-corrected chi connectivity index (χ4v) is 2.53. The maximum Gasteiger partial charge on any atom is 0.221 e. The maximum atomic E-state index is 5.47. The van der Waals surface area contributed by atoms with Crippen LogP contribution in [0.2, 0.25) is 0 Å². The van der Waals surface area contributed by atoms with Gasteiger partial charge in [0.25, 0.3) is 0 Å². The molecule has 0 saturated carbocycles. The topological polar surface area (TPSA) is 42.2 Å². The van der Waals surface area contributed by atoms with E-state index < -0.39 is 0 Å². The summed E-state index contributed by atoms with van der Waals surface area (Å²) in [6.07, 6.45) is 1.30. The molecule has 3 rings (SSSR count). The van der Waals surface area contributed by atoms with Crippen molar-refractivity contribution in [1.29, 1.82) is 0 Å². The fourth-order valence-electron chi connectivity index (χ4n) is 2.53. The number of hydrogen-bond acceptors (Lipinski definition) is 4. The minimum absolute atomic E-state index is 0.509. The quantitative estimate of drug-likeness (QED) is 0.639. The highest BCUT2D eigenvalue weighted by Crippen LogP contribution is 2.38. The molecule has 2 bridgehead atoms. The Kier molecular flexibility index (Phi) is 1.47. The maximum absolute atomic E-state index is 5.47. The zero-order chi connectivity index (χ0) is 8.84. The third-order valence-corrected chi connectivity index (χ3v) is 3.19. The zero-order valence-corrected chi connectivity index (χ0v) is 7.73. The van der Waals surface area contributed by atoms with Crippen LogP contribution in [-0.2, 0) is 0 Å². The van der Waals surface area contributed by atoms with E-state index >= 15 is 0 Å². The molecule has 0 radical (unpaired) electrons. The van der Waals surface area contributed by atoms with E-state index in [9.17, 15) is 0 Å². The average molecular weight is 179 g/mol. The molecule has 3 heterocycles. The van der Waals surface area contributed by atoms with Gasteiger partial charge in [-0.15, -0.1) is 10.2 Å². The van der Waals surface area contributed by atoms with Gasteiger partial charge >= 0.3 is 0 Å². The summed E-state index contributed by atoms with van der Waals surface area (Å²) in [4.78, 5) is 2.48. The van der Waals surface area contributed by atoms with Crippen LogP contribution >= 0.6 is 0 Å². The average Bonchev–Trinajstić information content (AvgIpc) is 2.77. The molecule has 0 aromatic carbocycles. The highest BCUT2D eigenvalue weighted by atomic mass is 16.4. The Morgan fingerprint density at radius 2 is 2.31 bits per heavy atom. The van der Waals surface area contributed by atoms with Crippen molar-refractivity contribution >= 4 is 0 Å². The van der Waals surface area contributed by atoms with Gasteiger partial charge < -0.3 is 9.32 Å². The van der Waals surface area contributed by atoms with E-state index in [-0.39, 0.29) is 0 Å². The number of nitrogens with zero attached hydrogens (tertiary/aromatic N) is 3. The summed E-state index contributed by atoms with van der Waals surface area (Å²) in [6, 6.07) is 0. The number of rotatable bonds is 1. The first kappa shape index (κ1) is 7.50. The first-order valence-electron chi connectivity index (χ1n) is 4.85. The van der Waals surface area contributed by atoms with Crippen molar-refractivity contribution in [2.24, 2.45) is 5.92 Å². The predicted octanol–water partition coefficient (Wildman–Crippen LogP) is 0.797. The van der Waals surface area contributed by atoms with Crippen LogP contribution in [0.25, 0.3) is 0 Å². The second kappa shape index (κ2) is 2.54. The lowest BCUT2D eigenvalue weighted by Crippen LogP contribution is -2.22. The van der Waals surface area contributed by atoms with Gasteiger partial charge in [-0.1, -0.05) is 0 Å². The summed E-state index contributed by atoms with van der Waals surface area (Å²) >= 11 is 0. The lowest BCUT2D eigenvalue weighted by Gasteiger charge is -2.18. The summed E-state index contributed by atoms with van der Waals surface area (Å²) in [6.45, 7) is 5.46. The van der Waals surface area contributed by atoms with E-state index in [0.717, 1.165) is 18.4 Å². The lowest BCUT2D eigenvalue weighted by atomic mass is 9.93. The molecular weight excluding hydrogens is 166 g/mol. The number of aromatic nitrogens is 2. The first-order valence-corrected chi connectivity index (χ1v) is 4.85. The van der Waals surface area contributed by atoms with Crippen LogP contribution in [0.1, 0.15) is 24.1 Å². The Morgan fingerprint density at radius 3 is 2.85 bits per heavy atom. The van der Waals surface area contributed by atoms with Gasteiger partial charge in [-0.3, -0.25) is 0 Å². The molecule has 1 aromatic rings. The molecular formula is C9H13N3O.